The Morgan fingerprint density at radius 1 is 1.22 bits per heavy atom. The maximum absolute atomic E-state index is 14.5. The van der Waals surface area contributed by atoms with Crippen molar-refractivity contribution < 1.29 is 9.18 Å². The van der Waals surface area contributed by atoms with Gasteiger partial charge in [0.15, 0.2) is 17.0 Å². The number of aryl methyl sites for hydroxylation is 2. The lowest BCUT2D eigenvalue weighted by atomic mass is 10.2. The molecule has 12 heteroatoms. The van der Waals surface area contributed by atoms with Crippen molar-refractivity contribution in [2.75, 3.05) is 5.32 Å². The molecule has 0 aliphatic heterocycles. The molecule has 0 radical (unpaired) electrons. The largest absolute Gasteiger partial charge is 0.330 e. The number of rotatable bonds is 10. The van der Waals surface area contributed by atoms with Crippen molar-refractivity contribution >= 4 is 22.8 Å². The summed E-state index contributed by atoms with van der Waals surface area (Å²) in [6.07, 6.45) is 4.64. The standard InChI is InChI=1S/C24H29FN8O3/c1-4-5-10-31-22-21(23(35)30-24(31)36)32(12-15(2)3)19(29-22)8-9-20(34)28-16-6-7-18(17(25)11-16)33-14-26-13-27-33/h6-7,11,13-15H,4-5,8-10,12H2,1-3H3,(H,28,34)(H,30,35,36). The quantitative estimate of drug-likeness (QED) is 0.347. The van der Waals surface area contributed by atoms with Crippen LogP contribution in [0.2, 0.25) is 0 Å². The number of halogens is 1. The molecule has 4 rings (SSSR count). The van der Waals surface area contributed by atoms with Gasteiger partial charge in [-0.15, -0.1) is 0 Å². The Labute approximate surface area is 206 Å². The second-order valence-corrected chi connectivity index (χ2v) is 9.02. The Morgan fingerprint density at radius 2 is 2.03 bits per heavy atom. The molecule has 0 aliphatic carbocycles. The number of H-pyrrole nitrogens is 1. The van der Waals surface area contributed by atoms with Crippen molar-refractivity contribution in [1.29, 1.82) is 0 Å². The number of carbonyl (C=O) groups excluding carboxylic acids is 1. The minimum Gasteiger partial charge on any atom is -0.326 e. The molecule has 0 atom stereocenters. The zero-order valence-corrected chi connectivity index (χ0v) is 20.5. The van der Waals surface area contributed by atoms with Gasteiger partial charge in [0, 0.05) is 31.6 Å². The van der Waals surface area contributed by atoms with E-state index in [1.165, 1.54) is 34.0 Å². The number of nitrogens with zero attached hydrogens (tertiary/aromatic N) is 6. The first-order valence-electron chi connectivity index (χ1n) is 11.9. The van der Waals surface area contributed by atoms with E-state index in [0.29, 0.717) is 35.8 Å². The molecule has 2 N–H and O–H groups in total. The minimum absolute atomic E-state index is 0.0605. The first-order chi connectivity index (χ1) is 17.3. The van der Waals surface area contributed by atoms with Gasteiger partial charge in [-0.25, -0.2) is 23.8 Å². The van der Waals surface area contributed by atoms with E-state index >= 15 is 0 Å². The highest BCUT2D eigenvalue weighted by Gasteiger charge is 2.20. The zero-order valence-electron chi connectivity index (χ0n) is 20.5. The van der Waals surface area contributed by atoms with Gasteiger partial charge in [-0.3, -0.25) is 19.1 Å². The zero-order chi connectivity index (χ0) is 25.8. The molecule has 3 aromatic heterocycles. The van der Waals surface area contributed by atoms with Gasteiger partial charge < -0.3 is 9.88 Å². The van der Waals surface area contributed by atoms with Crippen molar-refractivity contribution in [3.05, 3.63) is 63.3 Å². The number of nitrogens with one attached hydrogen (secondary N) is 2. The van der Waals surface area contributed by atoms with Crippen LogP contribution in [-0.2, 0) is 24.3 Å². The average molecular weight is 497 g/mol. The lowest BCUT2D eigenvalue weighted by molar-refractivity contribution is -0.116. The predicted octanol–water partition coefficient (Wildman–Crippen LogP) is 2.63. The number of imidazole rings is 1. The van der Waals surface area contributed by atoms with Gasteiger partial charge in [-0.2, -0.15) is 5.10 Å². The van der Waals surface area contributed by atoms with Crippen LogP contribution in [0.25, 0.3) is 16.9 Å². The topological polar surface area (TPSA) is 132 Å². The van der Waals surface area contributed by atoms with Crippen molar-refractivity contribution in [3.8, 4) is 5.69 Å². The highest BCUT2D eigenvalue weighted by atomic mass is 19.1. The maximum atomic E-state index is 14.5. The third kappa shape index (κ3) is 5.26. The molecule has 1 aromatic carbocycles. The van der Waals surface area contributed by atoms with Crippen LogP contribution >= 0.6 is 0 Å². The summed E-state index contributed by atoms with van der Waals surface area (Å²) in [7, 11) is 0. The molecule has 0 bridgehead atoms. The summed E-state index contributed by atoms with van der Waals surface area (Å²) < 4.78 is 19.1. The molecular weight excluding hydrogens is 467 g/mol. The summed E-state index contributed by atoms with van der Waals surface area (Å²) in [6.45, 7) is 7.00. The molecule has 1 amide bonds. The summed E-state index contributed by atoms with van der Waals surface area (Å²) in [4.78, 5) is 48.7. The number of unbranched alkanes of at least 4 members (excludes halogenated alkanes) is 1. The summed E-state index contributed by atoms with van der Waals surface area (Å²) in [5, 5.41) is 6.60. The third-order valence-corrected chi connectivity index (χ3v) is 5.72. The SMILES string of the molecule is CCCCn1c(=O)[nH]c(=O)c2c1nc(CCC(=O)Nc1ccc(-n3cncn3)c(F)c1)n2CC(C)C. The van der Waals surface area contributed by atoms with E-state index < -0.39 is 17.1 Å². The van der Waals surface area contributed by atoms with Crippen LogP contribution in [0.4, 0.5) is 10.1 Å². The van der Waals surface area contributed by atoms with E-state index in [1.54, 1.807) is 10.6 Å². The van der Waals surface area contributed by atoms with Gasteiger partial charge in [-0.05, 0) is 30.5 Å². The van der Waals surface area contributed by atoms with E-state index in [-0.39, 0.29) is 30.4 Å². The summed E-state index contributed by atoms with van der Waals surface area (Å²) in [5.74, 6) is -0.135. The van der Waals surface area contributed by atoms with Crippen LogP contribution < -0.4 is 16.6 Å². The molecule has 36 heavy (non-hydrogen) atoms. The Balaban J connectivity index is 1.56. The van der Waals surface area contributed by atoms with Crippen molar-refractivity contribution in [2.45, 2.75) is 59.5 Å². The van der Waals surface area contributed by atoms with Gasteiger partial charge in [0.2, 0.25) is 5.91 Å². The fourth-order valence-electron chi connectivity index (χ4n) is 4.05. The second kappa shape index (κ2) is 10.7. The smallest absolute Gasteiger partial charge is 0.326 e. The Morgan fingerprint density at radius 3 is 2.69 bits per heavy atom. The molecule has 190 valence electrons. The van der Waals surface area contributed by atoms with Crippen LogP contribution in [-0.4, -0.2) is 39.8 Å². The molecule has 0 spiro atoms. The number of carbonyl (C=O) groups is 1. The van der Waals surface area contributed by atoms with E-state index in [9.17, 15) is 18.8 Å². The van der Waals surface area contributed by atoms with Gasteiger partial charge in [0.05, 0.1) is 0 Å². The summed E-state index contributed by atoms with van der Waals surface area (Å²) >= 11 is 0. The van der Waals surface area contributed by atoms with Crippen molar-refractivity contribution in [1.82, 2.24) is 33.9 Å². The maximum Gasteiger partial charge on any atom is 0.330 e. The van der Waals surface area contributed by atoms with Gasteiger partial charge in [0.1, 0.15) is 24.2 Å². The molecule has 4 aromatic rings. The first-order valence-corrected chi connectivity index (χ1v) is 11.9. The van der Waals surface area contributed by atoms with Crippen molar-refractivity contribution in [2.24, 2.45) is 5.92 Å². The molecule has 0 saturated carbocycles. The number of hydrogen-bond acceptors (Lipinski definition) is 6. The fraction of sp³-hybridized carbons (Fsp3) is 0.417. The number of anilines is 1. The van der Waals surface area contributed by atoms with Crippen LogP contribution in [0.1, 0.15) is 45.9 Å². The monoisotopic (exact) mass is 496 g/mol. The normalized spacial score (nSPS) is 11.5. The highest BCUT2D eigenvalue weighted by molar-refractivity contribution is 5.91. The predicted molar refractivity (Wildman–Crippen MR) is 133 cm³/mol. The van der Waals surface area contributed by atoms with Gasteiger partial charge >= 0.3 is 5.69 Å². The lowest BCUT2D eigenvalue weighted by Gasteiger charge is -2.12. The van der Waals surface area contributed by atoms with Crippen LogP contribution in [0.3, 0.4) is 0 Å². The molecule has 0 aliphatic rings. The minimum atomic E-state index is -0.554. The summed E-state index contributed by atoms with van der Waals surface area (Å²) in [6, 6.07) is 4.30. The number of amides is 1. The van der Waals surface area contributed by atoms with E-state index in [4.69, 9.17) is 0 Å². The molecular formula is C24H29FN8O3. The molecule has 0 fully saturated rings. The Bertz CT molecular complexity index is 1480. The van der Waals surface area contributed by atoms with E-state index in [1.807, 2.05) is 20.8 Å². The second-order valence-electron chi connectivity index (χ2n) is 9.02. The fourth-order valence-corrected chi connectivity index (χ4v) is 4.05. The molecule has 0 saturated heterocycles. The third-order valence-electron chi connectivity index (χ3n) is 5.72. The van der Waals surface area contributed by atoms with Gasteiger partial charge in [-0.1, -0.05) is 27.2 Å². The molecule has 11 nitrogen and oxygen atoms in total. The van der Waals surface area contributed by atoms with E-state index in [2.05, 4.69) is 25.4 Å². The Kier molecular flexibility index (Phi) is 7.41. The Hall–Kier alpha value is -4.09. The number of aromatic amines is 1. The number of benzene rings is 1. The van der Waals surface area contributed by atoms with Crippen molar-refractivity contribution in [3.63, 3.8) is 0 Å². The van der Waals surface area contributed by atoms with Crippen LogP contribution in [0, 0.1) is 11.7 Å². The van der Waals surface area contributed by atoms with E-state index in [0.717, 1.165) is 12.8 Å². The number of fused-ring (bicyclic) bond motifs is 1. The lowest BCUT2D eigenvalue weighted by Crippen LogP contribution is -2.31. The summed E-state index contributed by atoms with van der Waals surface area (Å²) in [5.41, 5.74) is 0.208. The molecule has 3 heterocycles. The highest BCUT2D eigenvalue weighted by Crippen LogP contribution is 2.19. The van der Waals surface area contributed by atoms with Crippen LogP contribution in [0.15, 0.2) is 40.4 Å². The van der Waals surface area contributed by atoms with Gasteiger partial charge in [0.25, 0.3) is 5.56 Å². The first kappa shape index (κ1) is 25.0. The van der Waals surface area contributed by atoms with Crippen LogP contribution in [0.5, 0.6) is 0 Å². The molecule has 0 unspecified atom stereocenters. The number of aromatic nitrogens is 7. The number of hydrogen-bond donors (Lipinski definition) is 2. The average Bonchev–Trinajstić information content (AvgIpc) is 3.46.